The van der Waals surface area contributed by atoms with Gasteiger partial charge < -0.3 is 10.1 Å². The summed E-state index contributed by atoms with van der Waals surface area (Å²) in [5, 5.41) is 9.09. The van der Waals surface area contributed by atoms with Gasteiger partial charge in [-0.05, 0) is 13.8 Å². The Morgan fingerprint density at radius 2 is 2.15 bits per heavy atom. The van der Waals surface area contributed by atoms with E-state index in [-0.39, 0.29) is 5.02 Å². The number of hydrogen-bond donors (Lipinski definition) is 2. The summed E-state index contributed by atoms with van der Waals surface area (Å²) in [4.78, 5) is 15.7. The molecule has 2 aromatic heterocycles. The number of aromatic nitrogens is 3. The smallest absolute Gasteiger partial charge is 0.285 e. The van der Waals surface area contributed by atoms with Gasteiger partial charge >= 0.3 is 0 Å². The quantitative estimate of drug-likeness (QED) is 0.902. The average Bonchev–Trinajstić information content (AvgIpc) is 2.43. The number of aryl methyl sites for hydroxylation is 1. The second-order valence-corrected chi connectivity index (χ2v) is 4.70. The minimum Gasteiger partial charge on any atom is -0.496 e. The SMILES string of the molecule is COc1c(C)cnc(CNc2cn[nH]c(=O)c2Cl)c1C. The first kappa shape index (κ1) is 14.3. The fourth-order valence-corrected chi connectivity index (χ4v) is 2.09. The van der Waals surface area contributed by atoms with Crippen LogP contribution in [0.15, 0.2) is 17.2 Å². The van der Waals surface area contributed by atoms with Crippen LogP contribution in [0.25, 0.3) is 0 Å². The lowest BCUT2D eigenvalue weighted by molar-refractivity contribution is 0.407. The summed E-state index contributed by atoms with van der Waals surface area (Å²) in [5.74, 6) is 0.812. The van der Waals surface area contributed by atoms with Crippen LogP contribution >= 0.6 is 11.6 Å². The zero-order chi connectivity index (χ0) is 14.7. The molecule has 0 amide bonds. The number of nitrogens with zero attached hydrogens (tertiary/aromatic N) is 2. The van der Waals surface area contributed by atoms with Crippen LogP contribution in [0.3, 0.4) is 0 Å². The fourth-order valence-electron chi connectivity index (χ4n) is 1.94. The molecule has 6 nitrogen and oxygen atoms in total. The lowest BCUT2D eigenvalue weighted by Gasteiger charge is -2.13. The molecule has 0 saturated carbocycles. The van der Waals surface area contributed by atoms with E-state index in [0.29, 0.717) is 12.2 Å². The summed E-state index contributed by atoms with van der Waals surface area (Å²) in [6, 6.07) is 0. The highest BCUT2D eigenvalue weighted by Gasteiger charge is 2.10. The molecule has 0 atom stereocenters. The van der Waals surface area contributed by atoms with Crippen molar-refractivity contribution >= 4 is 17.3 Å². The van der Waals surface area contributed by atoms with Crippen LogP contribution in [0, 0.1) is 13.8 Å². The molecule has 20 heavy (non-hydrogen) atoms. The van der Waals surface area contributed by atoms with E-state index in [1.54, 1.807) is 13.3 Å². The molecule has 0 saturated heterocycles. The van der Waals surface area contributed by atoms with Crippen LogP contribution in [0.2, 0.25) is 5.02 Å². The molecule has 2 rings (SSSR count). The number of rotatable bonds is 4. The normalized spacial score (nSPS) is 10.4. The largest absolute Gasteiger partial charge is 0.496 e. The van der Waals surface area contributed by atoms with Gasteiger partial charge in [0.2, 0.25) is 0 Å². The van der Waals surface area contributed by atoms with Crippen LogP contribution in [0.1, 0.15) is 16.8 Å². The summed E-state index contributed by atoms with van der Waals surface area (Å²) in [6.07, 6.45) is 3.21. The van der Waals surface area contributed by atoms with Crippen molar-refractivity contribution in [2.45, 2.75) is 20.4 Å². The third-order valence-corrected chi connectivity index (χ3v) is 3.37. The summed E-state index contributed by atoms with van der Waals surface area (Å²) >= 11 is 5.89. The number of aromatic amines is 1. The minimum atomic E-state index is -0.428. The van der Waals surface area contributed by atoms with E-state index in [2.05, 4.69) is 20.5 Å². The summed E-state index contributed by atoms with van der Waals surface area (Å²) < 4.78 is 5.35. The third kappa shape index (κ3) is 2.75. The molecular weight excluding hydrogens is 280 g/mol. The molecule has 2 aromatic rings. The van der Waals surface area contributed by atoms with Crippen molar-refractivity contribution in [3.8, 4) is 5.75 Å². The van der Waals surface area contributed by atoms with E-state index >= 15 is 0 Å². The Morgan fingerprint density at radius 3 is 2.85 bits per heavy atom. The van der Waals surface area contributed by atoms with Gasteiger partial charge in [-0.15, -0.1) is 0 Å². The number of anilines is 1. The first-order chi connectivity index (χ1) is 9.54. The van der Waals surface area contributed by atoms with Gasteiger partial charge in [0.05, 0.1) is 31.2 Å². The Morgan fingerprint density at radius 1 is 1.40 bits per heavy atom. The minimum absolute atomic E-state index is 0.0803. The second-order valence-electron chi connectivity index (χ2n) is 4.33. The van der Waals surface area contributed by atoms with E-state index < -0.39 is 5.56 Å². The number of ether oxygens (including phenoxy) is 1. The average molecular weight is 295 g/mol. The molecule has 0 aromatic carbocycles. The van der Waals surface area contributed by atoms with Crippen molar-refractivity contribution in [2.75, 3.05) is 12.4 Å². The lowest BCUT2D eigenvalue weighted by atomic mass is 10.1. The highest BCUT2D eigenvalue weighted by molar-refractivity contribution is 6.32. The maximum Gasteiger partial charge on any atom is 0.285 e. The predicted octanol–water partition coefficient (Wildman–Crippen LogP) is 2.06. The van der Waals surface area contributed by atoms with Crippen LogP contribution in [-0.2, 0) is 6.54 Å². The van der Waals surface area contributed by atoms with Crippen LogP contribution in [0.5, 0.6) is 5.75 Å². The standard InChI is InChI=1S/C13H15ClN4O2/c1-7-4-15-9(8(2)12(7)20-3)5-16-10-6-17-18-13(19)11(10)14/h4,6H,5H2,1-3H3,(H2,16,18,19). The Kier molecular flexibility index (Phi) is 4.24. The number of pyridine rings is 1. The number of methoxy groups -OCH3 is 1. The number of halogens is 1. The van der Waals surface area contributed by atoms with Gasteiger partial charge in [0.15, 0.2) is 0 Å². The highest BCUT2D eigenvalue weighted by Crippen LogP contribution is 2.24. The Balaban J connectivity index is 2.24. The number of hydrogen-bond acceptors (Lipinski definition) is 5. The summed E-state index contributed by atoms with van der Waals surface area (Å²) in [7, 11) is 1.63. The first-order valence-electron chi connectivity index (χ1n) is 6.00. The van der Waals surface area contributed by atoms with Crippen molar-refractivity contribution in [1.82, 2.24) is 15.2 Å². The molecule has 2 heterocycles. The van der Waals surface area contributed by atoms with Gasteiger partial charge in [0, 0.05) is 17.3 Å². The molecule has 0 aliphatic rings. The van der Waals surface area contributed by atoms with Gasteiger partial charge in [-0.3, -0.25) is 9.78 Å². The zero-order valence-corrected chi connectivity index (χ0v) is 12.2. The van der Waals surface area contributed by atoms with Crippen molar-refractivity contribution < 1.29 is 4.74 Å². The van der Waals surface area contributed by atoms with Gasteiger partial charge in [-0.25, -0.2) is 5.10 Å². The Labute approximate surface area is 121 Å². The van der Waals surface area contributed by atoms with Crippen LogP contribution < -0.4 is 15.6 Å². The maximum absolute atomic E-state index is 11.3. The van der Waals surface area contributed by atoms with Gasteiger partial charge in [0.25, 0.3) is 5.56 Å². The van der Waals surface area contributed by atoms with E-state index in [1.807, 2.05) is 13.8 Å². The third-order valence-electron chi connectivity index (χ3n) is 2.99. The lowest BCUT2D eigenvalue weighted by Crippen LogP contribution is -2.13. The molecule has 106 valence electrons. The molecule has 7 heteroatoms. The highest BCUT2D eigenvalue weighted by atomic mass is 35.5. The fraction of sp³-hybridized carbons (Fsp3) is 0.308. The Hall–Kier alpha value is -2.08. The van der Waals surface area contributed by atoms with Crippen molar-refractivity contribution in [2.24, 2.45) is 0 Å². The molecule has 0 bridgehead atoms. The van der Waals surface area contributed by atoms with Crippen molar-refractivity contribution in [3.63, 3.8) is 0 Å². The zero-order valence-electron chi connectivity index (χ0n) is 11.5. The van der Waals surface area contributed by atoms with E-state index in [0.717, 1.165) is 22.6 Å². The molecule has 0 unspecified atom stereocenters. The van der Waals surface area contributed by atoms with Crippen LogP contribution in [-0.4, -0.2) is 22.3 Å². The molecular formula is C13H15ClN4O2. The molecule has 0 spiro atoms. The second kappa shape index (κ2) is 5.92. The van der Waals surface area contributed by atoms with Crippen LogP contribution in [0.4, 0.5) is 5.69 Å². The van der Waals surface area contributed by atoms with E-state index in [4.69, 9.17) is 16.3 Å². The number of H-pyrrole nitrogens is 1. The molecule has 0 aliphatic heterocycles. The Bertz CT molecular complexity index is 685. The molecule has 0 aliphatic carbocycles. The van der Waals surface area contributed by atoms with Gasteiger partial charge in [-0.1, -0.05) is 11.6 Å². The summed E-state index contributed by atoms with van der Waals surface area (Å²) in [5.41, 5.74) is 2.79. The molecule has 0 radical (unpaired) electrons. The van der Waals surface area contributed by atoms with Gasteiger partial charge in [-0.2, -0.15) is 5.10 Å². The monoisotopic (exact) mass is 294 g/mol. The van der Waals surface area contributed by atoms with E-state index in [1.165, 1.54) is 6.20 Å². The molecule has 0 fully saturated rings. The first-order valence-corrected chi connectivity index (χ1v) is 6.38. The number of nitrogens with one attached hydrogen (secondary N) is 2. The predicted molar refractivity (Wildman–Crippen MR) is 77.5 cm³/mol. The van der Waals surface area contributed by atoms with E-state index in [9.17, 15) is 4.79 Å². The van der Waals surface area contributed by atoms with Gasteiger partial charge in [0.1, 0.15) is 10.8 Å². The molecule has 2 N–H and O–H groups in total. The van der Waals surface area contributed by atoms with Crippen molar-refractivity contribution in [1.29, 1.82) is 0 Å². The van der Waals surface area contributed by atoms with Crippen molar-refractivity contribution in [3.05, 3.63) is 44.6 Å². The summed E-state index contributed by atoms with van der Waals surface area (Å²) in [6.45, 7) is 4.30. The maximum atomic E-state index is 11.3. The topological polar surface area (TPSA) is 79.9 Å².